The quantitative estimate of drug-likeness (QED) is 0.540. The lowest BCUT2D eigenvalue weighted by molar-refractivity contribution is 0.245. The monoisotopic (exact) mass is 315 g/mol. The van der Waals surface area contributed by atoms with Gasteiger partial charge in [0.15, 0.2) is 0 Å². The number of benzene rings is 1. The molecule has 0 radical (unpaired) electrons. The fourth-order valence-corrected chi connectivity index (χ4v) is 3.79. The Balaban J connectivity index is 1.75. The molecule has 1 aliphatic carbocycles. The number of urea groups is 1. The Hall–Kier alpha value is -1.41. The molecule has 2 rings (SSSR count). The van der Waals surface area contributed by atoms with E-state index in [1.165, 1.54) is 11.8 Å². The summed E-state index contributed by atoms with van der Waals surface area (Å²) in [7, 11) is -3.59. The molecule has 0 bridgehead atoms. The van der Waals surface area contributed by atoms with Crippen LogP contribution in [0.1, 0.15) is 12.8 Å². The van der Waals surface area contributed by atoms with Crippen molar-refractivity contribution in [1.82, 2.24) is 10.0 Å². The number of anilines is 1. The highest BCUT2D eigenvalue weighted by molar-refractivity contribution is 8.00. The number of carbonyl (C=O) groups is 1. The largest absolute Gasteiger partial charge is 0.399 e. The van der Waals surface area contributed by atoms with Crippen LogP contribution < -0.4 is 15.8 Å². The molecular weight excluding hydrogens is 298 g/mol. The second-order valence-electron chi connectivity index (χ2n) is 4.59. The summed E-state index contributed by atoms with van der Waals surface area (Å²) >= 11 is 1.38. The fourth-order valence-electron chi connectivity index (χ4n) is 1.51. The van der Waals surface area contributed by atoms with Crippen molar-refractivity contribution in [3.8, 4) is 0 Å². The van der Waals surface area contributed by atoms with Gasteiger partial charge in [0.2, 0.25) is 10.0 Å². The van der Waals surface area contributed by atoms with Gasteiger partial charge in [-0.05, 0) is 31.0 Å². The van der Waals surface area contributed by atoms with Gasteiger partial charge >= 0.3 is 6.03 Å². The Bertz CT molecular complexity index is 585. The van der Waals surface area contributed by atoms with Gasteiger partial charge in [-0.3, -0.25) is 0 Å². The summed E-state index contributed by atoms with van der Waals surface area (Å²) in [6.07, 6.45) is 1.83. The predicted octanol–water partition coefficient (Wildman–Crippen LogP) is 1.15. The van der Waals surface area contributed by atoms with E-state index in [1.807, 2.05) is 16.9 Å². The van der Waals surface area contributed by atoms with E-state index in [4.69, 9.17) is 5.73 Å². The number of hydrogen-bond donors (Lipinski definition) is 3. The first-order valence-corrected chi connectivity index (χ1v) is 8.88. The van der Waals surface area contributed by atoms with Crippen LogP contribution in [0.25, 0.3) is 0 Å². The standard InChI is InChI=1S/C12H17N3O3S2/c13-9-2-1-3-11(8-9)19-6-7-20(17,18)15-12(16)14-10-4-5-10/h1-3,8,10H,4-7,13H2,(H2,14,15,16). The average molecular weight is 315 g/mol. The van der Waals surface area contributed by atoms with Gasteiger partial charge in [-0.15, -0.1) is 11.8 Å². The van der Waals surface area contributed by atoms with Gasteiger partial charge in [0, 0.05) is 22.4 Å². The number of nitrogens with two attached hydrogens (primary N) is 1. The SMILES string of the molecule is Nc1cccc(SCCS(=O)(=O)NC(=O)NC2CC2)c1. The van der Waals surface area contributed by atoms with Gasteiger partial charge in [-0.25, -0.2) is 17.9 Å². The van der Waals surface area contributed by atoms with Crippen molar-refractivity contribution in [3.63, 3.8) is 0 Å². The Morgan fingerprint density at radius 2 is 2.15 bits per heavy atom. The first kappa shape index (κ1) is 15.0. The van der Waals surface area contributed by atoms with E-state index < -0.39 is 16.1 Å². The van der Waals surface area contributed by atoms with E-state index in [-0.39, 0.29) is 11.8 Å². The van der Waals surface area contributed by atoms with Crippen molar-refractivity contribution in [2.75, 3.05) is 17.2 Å². The lowest BCUT2D eigenvalue weighted by atomic mass is 10.3. The van der Waals surface area contributed by atoms with Crippen LogP contribution >= 0.6 is 11.8 Å². The van der Waals surface area contributed by atoms with Crippen LogP contribution in [0.15, 0.2) is 29.2 Å². The normalized spacial score (nSPS) is 14.8. The van der Waals surface area contributed by atoms with Crippen molar-refractivity contribution < 1.29 is 13.2 Å². The molecule has 0 aliphatic heterocycles. The number of thioether (sulfide) groups is 1. The summed E-state index contributed by atoms with van der Waals surface area (Å²) in [5, 5.41) is 2.57. The topological polar surface area (TPSA) is 101 Å². The van der Waals surface area contributed by atoms with Crippen molar-refractivity contribution >= 4 is 33.5 Å². The lowest BCUT2D eigenvalue weighted by Gasteiger charge is -2.07. The van der Waals surface area contributed by atoms with Gasteiger partial charge in [-0.1, -0.05) is 6.07 Å². The number of amides is 2. The minimum atomic E-state index is -3.59. The maximum Gasteiger partial charge on any atom is 0.328 e. The van der Waals surface area contributed by atoms with Gasteiger partial charge < -0.3 is 11.1 Å². The number of sulfonamides is 1. The van der Waals surface area contributed by atoms with Crippen molar-refractivity contribution in [1.29, 1.82) is 0 Å². The van der Waals surface area contributed by atoms with Crippen LogP contribution in [0.3, 0.4) is 0 Å². The number of nitrogen functional groups attached to an aromatic ring is 1. The van der Waals surface area contributed by atoms with Gasteiger partial charge in [0.25, 0.3) is 0 Å². The van der Waals surface area contributed by atoms with E-state index in [0.29, 0.717) is 11.4 Å². The second kappa shape index (κ2) is 6.36. The zero-order valence-electron chi connectivity index (χ0n) is 10.8. The van der Waals surface area contributed by atoms with E-state index in [2.05, 4.69) is 5.32 Å². The first-order valence-electron chi connectivity index (χ1n) is 6.24. The van der Waals surface area contributed by atoms with E-state index in [9.17, 15) is 13.2 Å². The average Bonchev–Trinajstić information content (AvgIpc) is 3.11. The van der Waals surface area contributed by atoms with Crippen LogP contribution in [-0.2, 0) is 10.0 Å². The van der Waals surface area contributed by atoms with Crippen LogP contribution in [0.5, 0.6) is 0 Å². The van der Waals surface area contributed by atoms with Crippen molar-refractivity contribution in [3.05, 3.63) is 24.3 Å². The predicted molar refractivity (Wildman–Crippen MR) is 80.1 cm³/mol. The number of hydrogen-bond acceptors (Lipinski definition) is 5. The summed E-state index contributed by atoms with van der Waals surface area (Å²) in [5.74, 6) is 0.236. The smallest absolute Gasteiger partial charge is 0.328 e. The number of carbonyl (C=O) groups excluding carboxylic acids is 1. The summed E-state index contributed by atoms with van der Waals surface area (Å²) in [6, 6.07) is 6.72. The molecule has 0 unspecified atom stereocenters. The summed E-state index contributed by atoms with van der Waals surface area (Å²) in [5.41, 5.74) is 6.28. The summed E-state index contributed by atoms with van der Waals surface area (Å²) in [6.45, 7) is 0. The molecule has 4 N–H and O–H groups in total. The van der Waals surface area contributed by atoms with Gasteiger partial charge in [0.05, 0.1) is 5.75 Å². The molecule has 8 heteroatoms. The molecule has 20 heavy (non-hydrogen) atoms. The molecule has 0 heterocycles. The first-order chi connectivity index (χ1) is 9.44. The van der Waals surface area contributed by atoms with E-state index in [1.54, 1.807) is 12.1 Å². The maximum absolute atomic E-state index is 11.7. The second-order valence-corrected chi connectivity index (χ2v) is 7.60. The molecule has 2 amide bonds. The lowest BCUT2D eigenvalue weighted by Crippen LogP contribution is -2.41. The summed E-state index contributed by atoms with van der Waals surface area (Å²) < 4.78 is 25.4. The molecular formula is C12H17N3O3S2. The van der Waals surface area contributed by atoms with Crippen molar-refractivity contribution in [2.24, 2.45) is 0 Å². The molecule has 0 saturated heterocycles. The van der Waals surface area contributed by atoms with E-state index in [0.717, 1.165) is 17.7 Å². The zero-order chi connectivity index (χ0) is 14.6. The van der Waals surface area contributed by atoms with Crippen LogP contribution in [0.2, 0.25) is 0 Å². The molecule has 0 aromatic heterocycles. The van der Waals surface area contributed by atoms with Crippen molar-refractivity contribution in [2.45, 2.75) is 23.8 Å². The fraction of sp³-hybridized carbons (Fsp3) is 0.417. The Labute approximate surface area is 122 Å². The molecule has 1 fully saturated rings. The number of rotatable bonds is 6. The minimum Gasteiger partial charge on any atom is -0.399 e. The third-order valence-electron chi connectivity index (χ3n) is 2.64. The minimum absolute atomic E-state index is 0.120. The molecule has 1 aromatic carbocycles. The van der Waals surface area contributed by atoms with Gasteiger partial charge in [0.1, 0.15) is 0 Å². The number of nitrogens with one attached hydrogen (secondary N) is 2. The highest BCUT2D eigenvalue weighted by atomic mass is 32.2. The van der Waals surface area contributed by atoms with Crippen LogP contribution in [0.4, 0.5) is 10.5 Å². The Morgan fingerprint density at radius 3 is 2.80 bits per heavy atom. The molecule has 1 saturated carbocycles. The molecule has 110 valence electrons. The van der Waals surface area contributed by atoms with Crippen LogP contribution in [-0.4, -0.2) is 32.0 Å². The maximum atomic E-state index is 11.7. The Kier molecular flexibility index (Phi) is 4.77. The highest BCUT2D eigenvalue weighted by Gasteiger charge is 2.25. The zero-order valence-corrected chi connectivity index (χ0v) is 12.5. The van der Waals surface area contributed by atoms with Gasteiger partial charge in [-0.2, -0.15) is 0 Å². The molecule has 0 atom stereocenters. The van der Waals surface area contributed by atoms with E-state index >= 15 is 0 Å². The van der Waals surface area contributed by atoms with Crippen LogP contribution in [0, 0.1) is 0 Å². The molecule has 1 aliphatic rings. The summed E-state index contributed by atoms with van der Waals surface area (Å²) in [4.78, 5) is 12.3. The molecule has 1 aromatic rings. The molecule has 6 nitrogen and oxygen atoms in total. The third-order valence-corrected chi connectivity index (χ3v) is 5.13. The molecule has 0 spiro atoms. The highest BCUT2D eigenvalue weighted by Crippen LogP contribution is 2.20. The third kappa shape index (κ3) is 5.30. The Morgan fingerprint density at radius 1 is 1.40 bits per heavy atom.